The molecule has 2 aliphatic rings. The van der Waals surface area contributed by atoms with Crippen LogP contribution in [0.4, 0.5) is 0 Å². The second-order valence-corrected chi connectivity index (χ2v) is 6.87. The molecule has 0 spiro atoms. The van der Waals surface area contributed by atoms with Gasteiger partial charge in [-0.2, -0.15) is 0 Å². The van der Waals surface area contributed by atoms with Crippen LogP contribution in [-0.4, -0.2) is 60.9 Å². The molecule has 1 N–H and O–H groups in total. The minimum absolute atomic E-state index is 0.00424. The number of amides is 2. The van der Waals surface area contributed by atoms with Crippen molar-refractivity contribution in [1.29, 1.82) is 0 Å². The Hall–Kier alpha value is -0.940. The number of nitrogens with one attached hydrogen (secondary N) is 1. The first-order valence-electron chi connectivity index (χ1n) is 7.04. The van der Waals surface area contributed by atoms with Crippen LogP contribution in [-0.2, 0) is 9.59 Å². The van der Waals surface area contributed by atoms with Gasteiger partial charge in [0.05, 0.1) is 12.5 Å². The molecular formula is C14H25N3O2. The summed E-state index contributed by atoms with van der Waals surface area (Å²) in [5.74, 6) is -0.0245. The molecule has 0 aromatic carbocycles. The summed E-state index contributed by atoms with van der Waals surface area (Å²) in [7, 11) is 4.08. The van der Waals surface area contributed by atoms with Gasteiger partial charge in [-0.3, -0.25) is 14.5 Å². The van der Waals surface area contributed by atoms with Crippen LogP contribution in [0.3, 0.4) is 0 Å². The fourth-order valence-corrected chi connectivity index (χ4v) is 2.84. The second kappa shape index (κ2) is 5.21. The largest absolute Gasteiger partial charge is 0.309 e. The molecule has 108 valence electrons. The Morgan fingerprint density at radius 1 is 1.32 bits per heavy atom. The molecule has 5 heteroatoms. The first kappa shape index (κ1) is 14.5. The molecule has 2 fully saturated rings. The highest BCUT2D eigenvalue weighted by Gasteiger charge is 2.46. The van der Waals surface area contributed by atoms with Crippen molar-refractivity contribution < 1.29 is 9.59 Å². The Bertz CT molecular complexity index is 375. The first-order chi connectivity index (χ1) is 8.80. The van der Waals surface area contributed by atoms with Crippen LogP contribution >= 0.6 is 0 Å². The highest BCUT2D eigenvalue weighted by atomic mass is 16.2. The lowest BCUT2D eigenvalue weighted by molar-refractivity contribution is -0.139. The van der Waals surface area contributed by atoms with Crippen molar-refractivity contribution in [1.82, 2.24) is 15.1 Å². The highest BCUT2D eigenvalue weighted by Crippen LogP contribution is 2.31. The van der Waals surface area contributed by atoms with E-state index in [1.54, 1.807) is 0 Å². The lowest BCUT2D eigenvalue weighted by Gasteiger charge is -2.29. The average Bonchev–Trinajstić information content (AvgIpc) is 3.02. The Morgan fingerprint density at radius 3 is 2.47 bits per heavy atom. The molecule has 1 aliphatic carbocycles. The molecule has 1 aliphatic heterocycles. The molecule has 0 radical (unpaired) electrons. The van der Waals surface area contributed by atoms with Gasteiger partial charge in [0.2, 0.25) is 11.8 Å². The van der Waals surface area contributed by atoms with Crippen LogP contribution in [0.15, 0.2) is 0 Å². The minimum Gasteiger partial charge on any atom is -0.309 e. The standard InChI is InChI=1S/C14H25N3O2/c1-14(2,9-16(3)4)8-15-11-7-12(18)17(13(11)19)10-5-6-10/h10-11,15H,5-9H2,1-4H3. The van der Waals surface area contributed by atoms with Crippen molar-refractivity contribution in [3.8, 4) is 0 Å². The molecule has 0 aromatic rings. The molecule has 19 heavy (non-hydrogen) atoms. The third kappa shape index (κ3) is 3.54. The van der Waals surface area contributed by atoms with E-state index < -0.39 is 0 Å². The molecule has 2 rings (SSSR count). The number of hydrogen-bond acceptors (Lipinski definition) is 4. The van der Waals surface area contributed by atoms with E-state index in [0.717, 1.165) is 25.9 Å². The molecule has 0 aromatic heterocycles. The predicted octanol–water partition coefficient (Wildman–Crippen LogP) is 0.454. The van der Waals surface area contributed by atoms with Crippen molar-refractivity contribution in [3.63, 3.8) is 0 Å². The van der Waals surface area contributed by atoms with E-state index in [0.29, 0.717) is 6.42 Å². The van der Waals surface area contributed by atoms with Gasteiger partial charge in [-0.15, -0.1) is 0 Å². The molecule has 0 bridgehead atoms. The monoisotopic (exact) mass is 267 g/mol. The Morgan fingerprint density at radius 2 is 1.95 bits per heavy atom. The molecule has 5 nitrogen and oxygen atoms in total. The molecule has 2 amide bonds. The van der Waals surface area contributed by atoms with Crippen LogP contribution in [0.1, 0.15) is 33.1 Å². The summed E-state index contributed by atoms with van der Waals surface area (Å²) in [5, 5.41) is 3.28. The lowest BCUT2D eigenvalue weighted by Crippen LogP contribution is -2.45. The number of likely N-dealkylation sites (tertiary alicyclic amines) is 1. The van der Waals surface area contributed by atoms with E-state index in [2.05, 4.69) is 24.1 Å². The fraction of sp³-hybridized carbons (Fsp3) is 0.857. The van der Waals surface area contributed by atoms with Gasteiger partial charge in [0.1, 0.15) is 0 Å². The summed E-state index contributed by atoms with van der Waals surface area (Å²) < 4.78 is 0. The quantitative estimate of drug-likeness (QED) is 0.710. The molecule has 1 saturated carbocycles. The van der Waals surface area contributed by atoms with Crippen LogP contribution in [0.25, 0.3) is 0 Å². The van der Waals surface area contributed by atoms with E-state index >= 15 is 0 Å². The number of rotatable bonds is 6. The molecule has 1 unspecified atom stereocenters. The number of nitrogens with zero attached hydrogens (tertiary/aromatic N) is 2. The predicted molar refractivity (Wildman–Crippen MR) is 73.6 cm³/mol. The van der Waals surface area contributed by atoms with Crippen molar-refractivity contribution in [2.75, 3.05) is 27.2 Å². The zero-order chi connectivity index (χ0) is 14.2. The molecule has 1 saturated heterocycles. The number of hydrogen-bond donors (Lipinski definition) is 1. The zero-order valence-electron chi connectivity index (χ0n) is 12.4. The zero-order valence-corrected chi connectivity index (χ0v) is 12.4. The van der Waals surface area contributed by atoms with Crippen LogP contribution in [0, 0.1) is 5.41 Å². The topological polar surface area (TPSA) is 52.7 Å². The second-order valence-electron chi connectivity index (χ2n) is 6.87. The van der Waals surface area contributed by atoms with E-state index in [9.17, 15) is 9.59 Å². The van der Waals surface area contributed by atoms with Gasteiger partial charge in [0, 0.05) is 19.1 Å². The van der Waals surface area contributed by atoms with Gasteiger partial charge in [0.25, 0.3) is 0 Å². The van der Waals surface area contributed by atoms with E-state index in [4.69, 9.17) is 0 Å². The van der Waals surface area contributed by atoms with Crippen molar-refractivity contribution >= 4 is 11.8 Å². The van der Waals surface area contributed by atoms with Crippen LogP contribution in [0.2, 0.25) is 0 Å². The van der Waals surface area contributed by atoms with Gasteiger partial charge in [-0.25, -0.2) is 0 Å². The van der Waals surface area contributed by atoms with Crippen molar-refractivity contribution in [2.24, 2.45) is 5.41 Å². The van der Waals surface area contributed by atoms with Crippen molar-refractivity contribution in [3.05, 3.63) is 0 Å². The normalized spacial score (nSPS) is 24.7. The van der Waals surface area contributed by atoms with E-state index in [-0.39, 0.29) is 29.3 Å². The van der Waals surface area contributed by atoms with Gasteiger partial charge in [0.15, 0.2) is 0 Å². The maximum absolute atomic E-state index is 12.2. The third-order valence-corrected chi connectivity index (χ3v) is 3.67. The molecule has 1 heterocycles. The summed E-state index contributed by atoms with van der Waals surface area (Å²) >= 11 is 0. The van der Waals surface area contributed by atoms with Crippen molar-refractivity contribution in [2.45, 2.75) is 45.2 Å². The van der Waals surface area contributed by atoms with Gasteiger partial charge < -0.3 is 10.2 Å². The van der Waals surface area contributed by atoms with E-state index in [1.165, 1.54) is 4.90 Å². The third-order valence-electron chi connectivity index (χ3n) is 3.67. The summed E-state index contributed by atoms with van der Waals surface area (Å²) in [6.07, 6.45) is 2.29. The number of carbonyl (C=O) groups is 2. The summed E-state index contributed by atoms with van der Waals surface area (Å²) in [5.41, 5.74) is 0.0832. The number of imide groups is 1. The first-order valence-corrected chi connectivity index (χ1v) is 7.04. The van der Waals surface area contributed by atoms with E-state index in [1.807, 2.05) is 14.1 Å². The maximum atomic E-state index is 12.2. The van der Waals surface area contributed by atoms with Gasteiger partial charge in [-0.1, -0.05) is 13.8 Å². The fourth-order valence-electron chi connectivity index (χ4n) is 2.84. The lowest BCUT2D eigenvalue weighted by atomic mass is 9.92. The number of carbonyl (C=O) groups excluding carboxylic acids is 2. The van der Waals surface area contributed by atoms with Crippen LogP contribution in [0.5, 0.6) is 0 Å². The molecular weight excluding hydrogens is 242 g/mol. The highest BCUT2D eigenvalue weighted by molar-refractivity contribution is 6.06. The Kier molecular flexibility index (Phi) is 3.97. The van der Waals surface area contributed by atoms with Gasteiger partial charge >= 0.3 is 0 Å². The summed E-state index contributed by atoms with van der Waals surface area (Å²) in [6, 6.07) is -0.115. The molecule has 1 atom stereocenters. The SMILES string of the molecule is CN(C)CC(C)(C)CNC1CC(=O)N(C2CC2)C1=O. The van der Waals surface area contributed by atoms with Crippen LogP contribution < -0.4 is 5.32 Å². The smallest absolute Gasteiger partial charge is 0.247 e. The minimum atomic E-state index is -0.311. The Labute approximate surface area is 115 Å². The Balaban J connectivity index is 1.86. The summed E-state index contributed by atoms with van der Waals surface area (Å²) in [4.78, 5) is 27.6. The summed E-state index contributed by atoms with van der Waals surface area (Å²) in [6.45, 7) is 6.02. The average molecular weight is 267 g/mol. The maximum Gasteiger partial charge on any atom is 0.247 e. The van der Waals surface area contributed by atoms with Gasteiger partial charge in [-0.05, 0) is 32.4 Å².